The summed E-state index contributed by atoms with van der Waals surface area (Å²) in [6.45, 7) is 6.95. The fourth-order valence-corrected chi connectivity index (χ4v) is 2.32. The Morgan fingerprint density at radius 2 is 1.85 bits per heavy atom. The van der Waals surface area contributed by atoms with Gasteiger partial charge in [0.15, 0.2) is 0 Å². The number of benzene rings is 1. The number of carbonyl (C=O) groups is 1. The van der Waals surface area contributed by atoms with Gasteiger partial charge in [0.1, 0.15) is 17.2 Å². The van der Waals surface area contributed by atoms with E-state index in [2.05, 4.69) is 33.1 Å². The molecule has 1 amide bonds. The van der Waals surface area contributed by atoms with Crippen molar-refractivity contribution in [3.63, 3.8) is 0 Å². The van der Waals surface area contributed by atoms with Gasteiger partial charge in [-0.2, -0.15) is 0 Å². The number of carbonyl (C=O) groups excluding carboxylic acids is 1. The molecule has 0 aliphatic rings. The second kappa shape index (κ2) is 8.32. The van der Waals surface area contributed by atoms with Gasteiger partial charge in [-0.15, -0.1) is 0 Å². The maximum Gasteiger partial charge on any atom is 0.257 e. The zero-order valence-corrected chi connectivity index (χ0v) is 13.3. The van der Waals surface area contributed by atoms with E-state index < -0.39 is 23.1 Å². The molecule has 0 radical (unpaired) electrons. The first kappa shape index (κ1) is 17.0. The summed E-state index contributed by atoms with van der Waals surface area (Å²) in [7, 11) is 0. The van der Waals surface area contributed by atoms with Crippen LogP contribution in [0.15, 0.2) is 16.6 Å². The molecular weight excluding hydrogens is 330 g/mol. The molecule has 0 saturated heterocycles. The first-order chi connectivity index (χ1) is 9.49. The summed E-state index contributed by atoms with van der Waals surface area (Å²) in [5, 5.41) is 2.55. The minimum Gasteiger partial charge on any atom is -0.351 e. The molecule has 6 heteroatoms. The molecule has 0 aromatic heterocycles. The SMILES string of the molecule is CCCN(CC)CCNC(=O)c1c(F)cc(Br)cc1F. The molecule has 0 bridgehead atoms. The van der Waals surface area contributed by atoms with Gasteiger partial charge in [0.2, 0.25) is 0 Å². The largest absolute Gasteiger partial charge is 0.351 e. The third kappa shape index (κ3) is 4.83. The van der Waals surface area contributed by atoms with Crippen LogP contribution in [0.5, 0.6) is 0 Å². The number of rotatable bonds is 7. The Morgan fingerprint density at radius 1 is 1.25 bits per heavy atom. The highest BCUT2D eigenvalue weighted by atomic mass is 79.9. The highest BCUT2D eigenvalue weighted by Crippen LogP contribution is 2.19. The third-order valence-corrected chi connectivity index (χ3v) is 3.39. The Kier molecular flexibility index (Phi) is 7.09. The molecule has 0 aliphatic carbocycles. The highest BCUT2D eigenvalue weighted by Gasteiger charge is 2.18. The van der Waals surface area contributed by atoms with Crippen molar-refractivity contribution in [2.24, 2.45) is 0 Å². The van der Waals surface area contributed by atoms with E-state index in [1.54, 1.807) is 0 Å². The lowest BCUT2D eigenvalue weighted by Gasteiger charge is -2.19. The molecule has 1 N–H and O–H groups in total. The second-order valence-corrected chi connectivity index (χ2v) is 5.35. The second-order valence-electron chi connectivity index (χ2n) is 4.43. The molecule has 112 valence electrons. The van der Waals surface area contributed by atoms with Crippen molar-refractivity contribution in [1.82, 2.24) is 10.2 Å². The lowest BCUT2D eigenvalue weighted by molar-refractivity contribution is 0.0940. The number of nitrogens with zero attached hydrogens (tertiary/aromatic N) is 1. The predicted molar refractivity (Wildman–Crippen MR) is 78.8 cm³/mol. The predicted octanol–water partition coefficient (Wildman–Crippen LogP) is 3.19. The summed E-state index contributed by atoms with van der Waals surface area (Å²) in [6.07, 6.45) is 1.03. The van der Waals surface area contributed by atoms with Crippen LogP contribution >= 0.6 is 15.9 Å². The van der Waals surface area contributed by atoms with Crippen molar-refractivity contribution in [3.05, 3.63) is 33.8 Å². The molecule has 0 fully saturated rings. The van der Waals surface area contributed by atoms with E-state index in [0.29, 0.717) is 13.1 Å². The molecule has 0 spiro atoms. The van der Waals surface area contributed by atoms with Gasteiger partial charge in [0, 0.05) is 17.6 Å². The van der Waals surface area contributed by atoms with Crippen LogP contribution in [0.3, 0.4) is 0 Å². The molecule has 0 atom stereocenters. The first-order valence-electron chi connectivity index (χ1n) is 6.64. The Bertz CT molecular complexity index is 445. The van der Waals surface area contributed by atoms with E-state index in [1.807, 2.05) is 6.92 Å². The van der Waals surface area contributed by atoms with Gasteiger partial charge in [-0.05, 0) is 31.6 Å². The van der Waals surface area contributed by atoms with Crippen LogP contribution in [0.1, 0.15) is 30.6 Å². The van der Waals surface area contributed by atoms with Crippen LogP contribution in [0, 0.1) is 11.6 Å². The number of likely N-dealkylation sites (N-methyl/N-ethyl adjacent to an activating group) is 1. The molecule has 20 heavy (non-hydrogen) atoms. The average Bonchev–Trinajstić information content (AvgIpc) is 2.36. The van der Waals surface area contributed by atoms with Crippen molar-refractivity contribution >= 4 is 21.8 Å². The summed E-state index contributed by atoms with van der Waals surface area (Å²) in [5.74, 6) is -2.45. The van der Waals surface area contributed by atoms with Crippen molar-refractivity contribution in [1.29, 1.82) is 0 Å². The summed E-state index contributed by atoms with van der Waals surface area (Å²) >= 11 is 2.98. The Labute approximate surface area is 126 Å². The monoisotopic (exact) mass is 348 g/mol. The molecule has 0 heterocycles. The van der Waals surface area contributed by atoms with Gasteiger partial charge < -0.3 is 10.2 Å². The van der Waals surface area contributed by atoms with Crippen LogP contribution in [-0.2, 0) is 0 Å². The molecule has 0 saturated carbocycles. The van der Waals surface area contributed by atoms with E-state index in [9.17, 15) is 13.6 Å². The van der Waals surface area contributed by atoms with Crippen LogP contribution in [0.25, 0.3) is 0 Å². The van der Waals surface area contributed by atoms with Crippen molar-refractivity contribution < 1.29 is 13.6 Å². The Hall–Kier alpha value is -1.01. The zero-order valence-electron chi connectivity index (χ0n) is 11.7. The fourth-order valence-electron chi connectivity index (χ4n) is 1.92. The standard InChI is InChI=1S/C14H19BrF2N2O/c1-3-6-19(4-2)7-5-18-14(20)13-11(16)8-10(15)9-12(13)17/h8-9H,3-7H2,1-2H3,(H,18,20). The molecule has 3 nitrogen and oxygen atoms in total. The summed E-state index contributed by atoms with van der Waals surface area (Å²) in [6, 6.07) is 2.15. The first-order valence-corrected chi connectivity index (χ1v) is 7.44. The molecule has 1 aromatic carbocycles. The van der Waals surface area contributed by atoms with Gasteiger partial charge in [0.25, 0.3) is 5.91 Å². The third-order valence-electron chi connectivity index (χ3n) is 2.93. The summed E-state index contributed by atoms with van der Waals surface area (Å²) < 4.78 is 27.5. The Morgan fingerprint density at radius 3 is 2.35 bits per heavy atom. The maximum atomic E-state index is 13.6. The lowest BCUT2D eigenvalue weighted by atomic mass is 10.2. The lowest BCUT2D eigenvalue weighted by Crippen LogP contribution is -2.35. The van der Waals surface area contributed by atoms with E-state index in [1.165, 1.54) is 0 Å². The van der Waals surface area contributed by atoms with Crippen LogP contribution in [0.4, 0.5) is 8.78 Å². The number of amides is 1. The highest BCUT2D eigenvalue weighted by molar-refractivity contribution is 9.10. The van der Waals surface area contributed by atoms with Gasteiger partial charge in [-0.3, -0.25) is 4.79 Å². The van der Waals surface area contributed by atoms with Gasteiger partial charge in [-0.25, -0.2) is 8.78 Å². The number of halogens is 3. The maximum absolute atomic E-state index is 13.6. The molecular formula is C14H19BrF2N2O. The average molecular weight is 349 g/mol. The molecule has 0 unspecified atom stereocenters. The van der Waals surface area contributed by atoms with Crippen LogP contribution < -0.4 is 5.32 Å². The molecule has 1 aromatic rings. The van der Waals surface area contributed by atoms with Crippen LogP contribution in [-0.4, -0.2) is 37.0 Å². The summed E-state index contributed by atoms with van der Waals surface area (Å²) in [4.78, 5) is 14.0. The van der Waals surface area contributed by atoms with E-state index in [-0.39, 0.29) is 4.47 Å². The van der Waals surface area contributed by atoms with Crippen molar-refractivity contribution in [2.75, 3.05) is 26.2 Å². The quantitative estimate of drug-likeness (QED) is 0.820. The Balaban J connectivity index is 2.60. The fraction of sp³-hybridized carbons (Fsp3) is 0.500. The van der Waals surface area contributed by atoms with E-state index in [4.69, 9.17) is 0 Å². The topological polar surface area (TPSA) is 32.3 Å². The molecule has 1 rings (SSSR count). The van der Waals surface area contributed by atoms with Gasteiger partial charge in [0.05, 0.1) is 0 Å². The molecule has 0 aliphatic heterocycles. The van der Waals surface area contributed by atoms with E-state index in [0.717, 1.165) is 31.6 Å². The van der Waals surface area contributed by atoms with Gasteiger partial charge in [-0.1, -0.05) is 29.8 Å². The van der Waals surface area contributed by atoms with Gasteiger partial charge >= 0.3 is 0 Å². The van der Waals surface area contributed by atoms with Crippen molar-refractivity contribution in [2.45, 2.75) is 20.3 Å². The minimum atomic E-state index is -0.865. The normalized spacial score (nSPS) is 10.9. The minimum absolute atomic E-state index is 0.268. The smallest absolute Gasteiger partial charge is 0.257 e. The number of hydrogen-bond donors (Lipinski definition) is 1. The number of nitrogens with one attached hydrogen (secondary N) is 1. The zero-order chi connectivity index (χ0) is 15.1. The van der Waals surface area contributed by atoms with E-state index >= 15 is 0 Å². The van der Waals surface area contributed by atoms with Crippen molar-refractivity contribution in [3.8, 4) is 0 Å². The number of hydrogen-bond acceptors (Lipinski definition) is 2. The summed E-state index contributed by atoms with van der Waals surface area (Å²) in [5.41, 5.74) is -0.535. The van der Waals surface area contributed by atoms with Crippen LogP contribution in [0.2, 0.25) is 0 Å².